The smallest absolute Gasteiger partial charge is 0.283 e. The van der Waals surface area contributed by atoms with E-state index in [2.05, 4.69) is 45.1 Å². The summed E-state index contributed by atoms with van der Waals surface area (Å²) in [4.78, 5) is 13.0. The zero-order valence-electron chi connectivity index (χ0n) is 11.5. The van der Waals surface area contributed by atoms with Gasteiger partial charge in [-0.15, -0.1) is 0 Å². The minimum Gasteiger partial charge on any atom is -0.294 e. The standard InChI is InChI=1S/C16H15BrN2O2/c17-16-14(6-3-7-15(16)19(20)21)11-18-9-8-12-4-1-2-5-13(12)10-18/h1-7H,8-11H2. The maximum absolute atomic E-state index is 11.0. The molecule has 0 spiro atoms. The van der Waals surface area contributed by atoms with Gasteiger partial charge in [-0.1, -0.05) is 36.4 Å². The first-order valence-electron chi connectivity index (χ1n) is 6.86. The van der Waals surface area contributed by atoms with E-state index in [1.807, 2.05) is 6.07 Å². The summed E-state index contributed by atoms with van der Waals surface area (Å²) >= 11 is 3.37. The van der Waals surface area contributed by atoms with Gasteiger partial charge in [-0.3, -0.25) is 15.0 Å². The van der Waals surface area contributed by atoms with Crippen molar-refractivity contribution in [3.05, 3.63) is 73.7 Å². The molecule has 0 N–H and O–H groups in total. The van der Waals surface area contributed by atoms with E-state index in [1.165, 1.54) is 17.2 Å². The van der Waals surface area contributed by atoms with Crippen LogP contribution in [-0.2, 0) is 19.5 Å². The fourth-order valence-electron chi connectivity index (χ4n) is 2.76. The van der Waals surface area contributed by atoms with Crippen molar-refractivity contribution in [2.75, 3.05) is 6.54 Å². The Kier molecular flexibility index (Phi) is 4.03. The molecule has 0 amide bonds. The van der Waals surface area contributed by atoms with Crippen LogP contribution in [0.15, 0.2) is 46.9 Å². The van der Waals surface area contributed by atoms with Crippen molar-refractivity contribution in [3.8, 4) is 0 Å². The molecule has 0 aromatic heterocycles. The van der Waals surface area contributed by atoms with E-state index in [1.54, 1.807) is 6.07 Å². The molecule has 3 rings (SSSR count). The zero-order valence-corrected chi connectivity index (χ0v) is 13.0. The maximum atomic E-state index is 11.0. The van der Waals surface area contributed by atoms with Crippen LogP contribution in [0, 0.1) is 10.1 Å². The third kappa shape index (κ3) is 2.99. The molecule has 0 aliphatic carbocycles. The molecule has 0 bridgehead atoms. The molecule has 1 aliphatic rings. The van der Waals surface area contributed by atoms with Gasteiger partial charge in [0.05, 0.1) is 9.40 Å². The third-order valence-electron chi connectivity index (χ3n) is 3.86. The average molecular weight is 347 g/mol. The normalized spacial score (nSPS) is 14.7. The number of benzene rings is 2. The molecule has 0 unspecified atom stereocenters. The largest absolute Gasteiger partial charge is 0.294 e. The van der Waals surface area contributed by atoms with Crippen LogP contribution in [0.5, 0.6) is 0 Å². The molecule has 4 nitrogen and oxygen atoms in total. The fourth-order valence-corrected chi connectivity index (χ4v) is 3.29. The van der Waals surface area contributed by atoms with Crippen LogP contribution >= 0.6 is 15.9 Å². The highest BCUT2D eigenvalue weighted by Crippen LogP contribution is 2.30. The molecule has 0 saturated heterocycles. The second kappa shape index (κ2) is 5.95. The number of hydrogen-bond acceptors (Lipinski definition) is 3. The molecule has 1 aliphatic heterocycles. The van der Waals surface area contributed by atoms with Gasteiger partial charge >= 0.3 is 0 Å². The second-order valence-corrected chi connectivity index (χ2v) is 6.03. The lowest BCUT2D eigenvalue weighted by Crippen LogP contribution is -2.30. The Morgan fingerprint density at radius 3 is 2.67 bits per heavy atom. The summed E-state index contributed by atoms with van der Waals surface area (Å²) in [7, 11) is 0. The summed E-state index contributed by atoms with van der Waals surface area (Å²) in [5.74, 6) is 0. The number of nitrogens with zero attached hydrogens (tertiary/aromatic N) is 2. The molecule has 2 aromatic rings. The van der Waals surface area contributed by atoms with Gasteiger partial charge in [-0.2, -0.15) is 0 Å². The summed E-state index contributed by atoms with van der Waals surface area (Å²) in [6.45, 7) is 2.59. The number of halogens is 1. The topological polar surface area (TPSA) is 46.4 Å². The molecular formula is C16H15BrN2O2. The summed E-state index contributed by atoms with van der Waals surface area (Å²) in [6.07, 6.45) is 1.03. The fraction of sp³-hybridized carbons (Fsp3) is 0.250. The lowest BCUT2D eigenvalue weighted by molar-refractivity contribution is -0.385. The van der Waals surface area contributed by atoms with E-state index < -0.39 is 0 Å². The molecule has 108 valence electrons. The molecule has 21 heavy (non-hydrogen) atoms. The maximum Gasteiger partial charge on any atom is 0.283 e. The first-order chi connectivity index (χ1) is 10.1. The highest BCUT2D eigenvalue weighted by Gasteiger charge is 2.19. The summed E-state index contributed by atoms with van der Waals surface area (Å²) in [6, 6.07) is 13.7. The van der Waals surface area contributed by atoms with Crippen molar-refractivity contribution in [2.45, 2.75) is 19.5 Å². The minimum absolute atomic E-state index is 0.130. The lowest BCUT2D eigenvalue weighted by atomic mass is 9.99. The highest BCUT2D eigenvalue weighted by atomic mass is 79.9. The van der Waals surface area contributed by atoms with Crippen LogP contribution in [0.25, 0.3) is 0 Å². The predicted octanol–water partition coefficient (Wildman–Crippen LogP) is 3.92. The van der Waals surface area contributed by atoms with Crippen molar-refractivity contribution in [1.82, 2.24) is 4.90 Å². The Labute approximate surface area is 131 Å². The van der Waals surface area contributed by atoms with Crippen molar-refractivity contribution in [3.63, 3.8) is 0 Å². The molecule has 0 fully saturated rings. The van der Waals surface area contributed by atoms with Crippen LogP contribution in [0.3, 0.4) is 0 Å². The first kappa shape index (κ1) is 14.2. The first-order valence-corrected chi connectivity index (χ1v) is 7.65. The zero-order chi connectivity index (χ0) is 14.8. The number of rotatable bonds is 3. The number of hydrogen-bond donors (Lipinski definition) is 0. The molecule has 0 saturated carbocycles. The summed E-state index contributed by atoms with van der Waals surface area (Å²) in [5, 5.41) is 11.0. The number of nitro benzene ring substituents is 1. The summed E-state index contributed by atoms with van der Waals surface area (Å²) < 4.78 is 0.592. The van der Waals surface area contributed by atoms with Crippen molar-refractivity contribution >= 4 is 21.6 Å². The Balaban J connectivity index is 1.80. The van der Waals surface area contributed by atoms with E-state index in [9.17, 15) is 10.1 Å². The predicted molar refractivity (Wildman–Crippen MR) is 85.1 cm³/mol. The van der Waals surface area contributed by atoms with Gasteiger partial charge in [-0.05, 0) is 39.0 Å². The third-order valence-corrected chi connectivity index (χ3v) is 4.77. The Morgan fingerprint density at radius 2 is 1.90 bits per heavy atom. The van der Waals surface area contributed by atoms with Crippen molar-refractivity contribution < 1.29 is 4.92 Å². The van der Waals surface area contributed by atoms with E-state index in [4.69, 9.17) is 0 Å². The Bertz CT molecular complexity index is 688. The molecule has 2 aromatic carbocycles. The van der Waals surface area contributed by atoms with Gasteiger partial charge < -0.3 is 0 Å². The Hall–Kier alpha value is -1.72. The quantitative estimate of drug-likeness (QED) is 0.625. The number of fused-ring (bicyclic) bond motifs is 1. The van der Waals surface area contributed by atoms with Gasteiger partial charge in [0.15, 0.2) is 0 Å². The van der Waals surface area contributed by atoms with Crippen molar-refractivity contribution in [1.29, 1.82) is 0 Å². The molecule has 0 radical (unpaired) electrons. The van der Waals surface area contributed by atoms with E-state index >= 15 is 0 Å². The Morgan fingerprint density at radius 1 is 1.14 bits per heavy atom. The molecule has 0 atom stereocenters. The van der Waals surface area contributed by atoms with Gasteiger partial charge in [0, 0.05) is 25.7 Å². The monoisotopic (exact) mass is 346 g/mol. The van der Waals surface area contributed by atoms with Crippen LogP contribution < -0.4 is 0 Å². The SMILES string of the molecule is O=[N+]([O-])c1cccc(CN2CCc3ccccc3C2)c1Br. The van der Waals surface area contributed by atoms with Gasteiger partial charge in [-0.25, -0.2) is 0 Å². The lowest BCUT2D eigenvalue weighted by Gasteiger charge is -2.28. The van der Waals surface area contributed by atoms with Gasteiger partial charge in [0.2, 0.25) is 0 Å². The molecule has 1 heterocycles. The second-order valence-electron chi connectivity index (χ2n) is 5.24. The van der Waals surface area contributed by atoms with E-state index in [0.717, 1.165) is 31.6 Å². The van der Waals surface area contributed by atoms with Crippen LogP contribution in [-0.4, -0.2) is 16.4 Å². The minimum atomic E-state index is -0.348. The highest BCUT2D eigenvalue weighted by molar-refractivity contribution is 9.10. The van der Waals surface area contributed by atoms with Gasteiger partial charge in [0.25, 0.3) is 5.69 Å². The van der Waals surface area contributed by atoms with Crippen molar-refractivity contribution in [2.24, 2.45) is 0 Å². The molecule has 5 heteroatoms. The van der Waals surface area contributed by atoms with E-state index in [0.29, 0.717) is 4.47 Å². The average Bonchev–Trinajstić information content (AvgIpc) is 2.49. The van der Waals surface area contributed by atoms with Crippen LogP contribution in [0.1, 0.15) is 16.7 Å². The molecular weight excluding hydrogens is 332 g/mol. The van der Waals surface area contributed by atoms with Crippen LogP contribution in [0.2, 0.25) is 0 Å². The van der Waals surface area contributed by atoms with Gasteiger partial charge in [0.1, 0.15) is 0 Å². The summed E-state index contributed by atoms with van der Waals surface area (Å²) in [5.41, 5.74) is 3.85. The van der Waals surface area contributed by atoms with E-state index in [-0.39, 0.29) is 10.6 Å². The number of nitro groups is 1. The van der Waals surface area contributed by atoms with Crippen LogP contribution in [0.4, 0.5) is 5.69 Å².